The third-order valence-electron chi connectivity index (χ3n) is 9.30. The number of benzene rings is 4. The maximum atomic E-state index is 13.5. The molecule has 6 rings (SSSR count). The fourth-order valence-corrected chi connectivity index (χ4v) is 6.65. The monoisotopic (exact) mass is 760 g/mol. The average molecular weight is 761 g/mol. The summed E-state index contributed by atoms with van der Waals surface area (Å²) in [6.07, 6.45) is -3.39. The quantitative estimate of drug-likeness (QED) is 0.127. The molecule has 4 aromatic rings. The summed E-state index contributed by atoms with van der Waals surface area (Å²) in [5.74, 6) is -2.84. The Labute approximate surface area is 319 Å². The van der Waals surface area contributed by atoms with Gasteiger partial charge in [-0.25, -0.2) is 9.59 Å². The number of likely N-dealkylation sites (tertiary alicyclic amines) is 2. The molecule has 0 saturated carbocycles. The standard InChI is InChI=1S/C40H36N6O10/c47-27-19-33(45(21-27)35(49)15-23-7-3-1-4-8-23)37(51)41-29-13-11-25(17-31(29)43-39(53)54)26-12-14-30(32(18-26)44-40(55)56)42-38(52)34-20-28(48)22-46(34)36(50)16-24-9-5-2-6-10-24/h1-14,17-18,33-34,43-44H,15-16,19-22H2,(H,41,51)(H,42,52)(H,53,54)(H,55,56). The van der Waals surface area contributed by atoms with E-state index in [0.29, 0.717) is 22.3 Å². The first-order valence-electron chi connectivity index (χ1n) is 17.4. The van der Waals surface area contributed by atoms with Gasteiger partial charge in [0.25, 0.3) is 0 Å². The summed E-state index contributed by atoms with van der Waals surface area (Å²) in [6, 6.07) is 24.1. The Morgan fingerprint density at radius 2 is 0.893 bits per heavy atom. The van der Waals surface area contributed by atoms with Crippen LogP contribution in [0.15, 0.2) is 97.1 Å². The van der Waals surface area contributed by atoms with Crippen LogP contribution in [0.5, 0.6) is 0 Å². The summed E-state index contributed by atoms with van der Waals surface area (Å²) in [7, 11) is 0. The number of hydrogen-bond acceptors (Lipinski definition) is 8. The van der Waals surface area contributed by atoms with Gasteiger partial charge in [-0.05, 0) is 46.5 Å². The maximum absolute atomic E-state index is 13.5. The van der Waals surface area contributed by atoms with Crippen molar-refractivity contribution in [1.82, 2.24) is 9.80 Å². The molecule has 2 heterocycles. The molecule has 2 unspecified atom stereocenters. The van der Waals surface area contributed by atoms with Crippen LogP contribution in [0.3, 0.4) is 0 Å². The number of carboxylic acid groups (broad SMARTS) is 2. The summed E-state index contributed by atoms with van der Waals surface area (Å²) in [5.41, 5.74) is 2.08. The van der Waals surface area contributed by atoms with Crippen molar-refractivity contribution < 1.29 is 48.6 Å². The number of ketones is 2. The number of rotatable bonds is 11. The van der Waals surface area contributed by atoms with Gasteiger partial charge in [0.2, 0.25) is 23.6 Å². The second-order valence-corrected chi connectivity index (χ2v) is 13.2. The van der Waals surface area contributed by atoms with Crippen molar-refractivity contribution in [2.45, 2.75) is 37.8 Å². The van der Waals surface area contributed by atoms with E-state index in [2.05, 4.69) is 21.3 Å². The number of nitrogens with one attached hydrogen (secondary N) is 4. The van der Waals surface area contributed by atoms with Crippen molar-refractivity contribution in [3.05, 3.63) is 108 Å². The molecule has 0 aromatic heterocycles. The van der Waals surface area contributed by atoms with Crippen molar-refractivity contribution in [3.8, 4) is 11.1 Å². The lowest BCUT2D eigenvalue weighted by molar-refractivity contribution is -0.136. The van der Waals surface area contributed by atoms with Gasteiger partial charge in [-0.15, -0.1) is 0 Å². The fourth-order valence-electron chi connectivity index (χ4n) is 6.65. The lowest BCUT2D eigenvalue weighted by Crippen LogP contribution is -2.44. The van der Waals surface area contributed by atoms with Gasteiger partial charge in [0.15, 0.2) is 11.6 Å². The zero-order valence-corrected chi connectivity index (χ0v) is 29.7. The highest BCUT2D eigenvalue weighted by Crippen LogP contribution is 2.34. The number of Topliss-reactive ketones (excluding diaryl/α,β-unsaturated/α-hetero) is 2. The molecular weight excluding hydrogens is 724 g/mol. The van der Waals surface area contributed by atoms with Crippen LogP contribution in [0.1, 0.15) is 24.0 Å². The van der Waals surface area contributed by atoms with E-state index >= 15 is 0 Å². The predicted molar refractivity (Wildman–Crippen MR) is 203 cm³/mol. The predicted octanol–water partition coefficient (Wildman–Crippen LogP) is 4.24. The number of amides is 6. The summed E-state index contributed by atoms with van der Waals surface area (Å²) in [6.45, 7) is -0.481. The minimum Gasteiger partial charge on any atom is -0.465 e. The molecule has 6 amide bonds. The van der Waals surface area contributed by atoms with Gasteiger partial charge in [0.05, 0.1) is 48.7 Å². The van der Waals surface area contributed by atoms with Crippen LogP contribution < -0.4 is 21.3 Å². The molecule has 16 nitrogen and oxygen atoms in total. The third-order valence-corrected chi connectivity index (χ3v) is 9.30. The molecule has 0 radical (unpaired) electrons. The Morgan fingerprint density at radius 1 is 0.518 bits per heavy atom. The van der Waals surface area contributed by atoms with Gasteiger partial charge in [-0.2, -0.15) is 0 Å². The van der Waals surface area contributed by atoms with Crippen LogP contribution >= 0.6 is 0 Å². The lowest BCUT2D eigenvalue weighted by Gasteiger charge is -2.24. The summed E-state index contributed by atoms with van der Waals surface area (Å²) >= 11 is 0. The van der Waals surface area contributed by atoms with Gasteiger partial charge in [0.1, 0.15) is 12.1 Å². The smallest absolute Gasteiger partial charge is 0.409 e. The number of carbonyl (C=O) groups is 8. The number of nitrogens with zero attached hydrogens (tertiary/aromatic N) is 2. The van der Waals surface area contributed by atoms with Crippen LogP contribution in [0, 0.1) is 0 Å². The average Bonchev–Trinajstić information content (AvgIpc) is 3.76. The molecule has 2 aliphatic rings. The van der Waals surface area contributed by atoms with E-state index in [9.17, 15) is 48.6 Å². The largest absolute Gasteiger partial charge is 0.465 e. The van der Waals surface area contributed by atoms with Crippen LogP contribution in [0.25, 0.3) is 11.1 Å². The van der Waals surface area contributed by atoms with E-state index in [-0.39, 0.29) is 73.1 Å². The molecule has 0 spiro atoms. The molecule has 6 N–H and O–H groups in total. The van der Waals surface area contributed by atoms with E-state index < -0.39 is 47.9 Å². The van der Waals surface area contributed by atoms with E-state index in [1.165, 1.54) is 46.2 Å². The molecule has 2 fully saturated rings. The van der Waals surface area contributed by atoms with Crippen LogP contribution in [-0.4, -0.2) is 92.6 Å². The number of hydrogen-bond donors (Lipinski definition) is 6. The topological polar surface area (TPSA) is 232 Å². The molecule has 0 aliphatic carbocycles. The van der Waals surface area contributed by atoms with Crippen molar-refractivity contribution >= 4 is 70.1 Å². The first-order valence-corrected chi connectivity index (χ1v) is 17.4. The zero-order chi connectivity index (χ0) is 39.9. The summed E-state index contributed by atoms with van der Waals surface area (Å²) in [4.78, 5) is 104. The SMILES string of the molecule is O=C1CC(C(=O)Nc2ccc(-c3ccc(NC(=O)C4CC(=O)CN4C(=O)Cc4ccccc4)c(NC(=O)O)c3)cc2NC(=O)O)N(C(=O)Cc2ccccc2)C1. The zero-order valence-electron chi connectivity index (χ0n) is 29.7. The Balaban J connectivity index is 1.21. The summed E-state index contributed by atoms with van der Waals surface area (Å²) < 4.78 is 0. The number of anilines is 4. The van der Waals surface area contributed by atoms with Gasteiger partial charge in [-0.3, -0.25) is 39.4 Å². The second kappa shape index (κ2) is 16.8. The maximum Gasteiger partial charge on any atom is 0.409 e. The lowest BCUT2D eigenvalue weighted by atomic mass is 10.0. The fraction of sp³-hybridized carbons (Fsp3) is 0.200. The van der Waals surface area contributed by atoms with Crippen LogP contribution in [-0.2, 0) is 41.6 Å². The first kappa shape index (κ1) is 38.4. The van der Waals surface area contributed by atoms with Crippen molar-refractivity contribution in [3.63, 3.8) is 0 Å². The molecule has 0 bridgehead atoms. The molecule has 16 heteroatoms. The molecule has 2 saturated heterocycles. The number of carbonyl (C=O) groups excluding carboxylic acids is 6. The van der Waals surface area contributed by atoms with Gasteiger partial charge < -0.3 is 30.6 Å². The molecule has 56 heavy (non-hydrogen) atoms. The normalized spacial score (nSPS) is 16.3. The van der Waals surface area contributed by atoms with Crippen molar-refractivity contribution in [2.75, 3.05) is 34.4 Å². The first-order chi connectivity index (χ1) is 26.8. The molecule has 2 atom stereocenters. The van der Waals surface area contributed by atoms with Crippen molar-refractivity contribution in [1.29, 1.82) is 0 Å². The minimum atomic E-state index is -1.46. The van der Waals surface area contributed by atoms with E-state index in [1.807, 2.05) is 0 Å². The van der Waals surface area contributed by atoms with E-state index in [0.717, 1.165) is 0 Å². The van der Waals surface area contributed by atoms with Crippen LogP contribution in [0.2, 0.25) is 0 Å². The second-order valence-electron chi connectivity index (χ2n) is 13.2. The van der Waals surface area contributed by atoms with Gasteiger partial charge in [0, 0.05) is 12.8 Å². The Bertz CT molecular complexity index is 2070. The highest BCUT2D eigenvalue weighted by atomic mass is 16.4. The highest BCUT2D eigenvalue weighted by Gasteiger charge is 2.40. The Morgan fingerprint density at radius 3 is 1.25 bits per heavy atom. The minimum absolute atomic E-state index is 0.0211. The third kappa shape index (κ3) is 9.22. The van der Waals surface area contributed by atoms with Gasteiger partial charge >= 0.3 is 12.2 Å². The Kier molecular flexibility index (Phi) is 11.5. The molecule has 4 aromatic carbocycles. The van der Waals surface area contributed by atoms with Crippen molar-refractivity contribution in [2.24, 2.45) is 0 Å². The molecular formula is C40H36N6O10. The van der Waals surface area contributed by atoms with E-state index in [1.54, 1.807) is 60.7 Å². The molecule has 286 valence electrons. The Hall–Kier alpha value is -7.36. The van der Waals surface area contributed by atoms with Gasteiger partial charge in [-0.1, -0.05) is 72.8 Å². The van der Waals surface area contributed by atoms with Crippen LogP contribution in [0.4, 0.5) is 32.3 Å². The highest BCUT2D eigenvalue weighted by molar-refractivity contribution is 6.08. The summed E-state index contributed by atoms with van der Waals surface area (Å²) in [5, 5.41) is 28.9. The van der Waals surface area contributed by atoms with E-state index in [4.69, 9.17) is 0 Å². The molecule has 2 aliphatic heterocycles.